The predicted octanol–water partition coefficient (Wildman–Crippen LogP) is 2.97. The monoisotopic (exact) mass is 490 g/mol. The number of rotatable bonds is 7. The Balaban J connectivity index is 1.47. The van der Waals surface area contributed by atoms with Gasteiger partial charge in [0.2, 0.25) is 5.91 Å². The standard InChI is InChI=1S/C20H19IN4O3/c1-25-11-10-22-18(25)13-28-15-8-6-14(7-9-15)24-19(26)12-23-20(27)16-4-2-3-5-17(16)21/h2-11H,12-13H2,1H3,(H,23,27)(H,24,26). The molecule has 0 unspecified atom stereocenters. The fourth-order valence-corrected chi connectivity index (χ4v) is 3.06. The molecule has 144 valence electrons. The van der Waals surface area contributed by atoms with Gasteiger partial charge in [0.15, 0.2) is 0 Å². The summed E-state index contributed by atoms with van der Waals surface area (Å²) in [6.45, 7) is 0.251. The minimum absolute atomic E-state index is 0.110. The highest BCUT2D eigenvalue weighted by molar-refractivity contribution is 14.1. The second-order valence-electron chi connectivity index (χ2n) is 5.98. The fourth-order valence-electron chi connectivity index (χ4n) is 2.42. The third kappa shape index (κ3) is 5.32. The number of halogens is 1. The summed E-state index contributed by atoms with van der Waals surface area (Å²) in [5.41, 5.74) is 1.17. The van der Waals surface area contributed by atoms with Crippen LogP contribution in [0.3, 0.4) is 0 Å². The summed E-state index contributed by atoms with van der Waals surface area (Å²) < 4.78 is 8.40. The second kappa shape index (κ2) is 9.36. The highest BCUT2D eigenvalue weighted by Crippen LogP contribution is 2.17. The van der Waals surface area contributed by atoms with Crippen LogP contribution in [-0.4, -0.2) is 27.9 Å². The number of hydrogen-bond donors (Lipinski definition) is 2. The van der Waals surface area contributed by atoms with Crippen molar-refractivity contribution in [2.75, 3.05) is 11.9 Å². The lowest BCUT2D eigenvalue weighted by Crippen LogP contribution is -2.33. The van der Waals surface area contributed by atoms with Crippen molar-refractivity contribution in [3.05, 3.63) is 75.9 Å². The van der Waals surface area contributed by atoms with Gasteiger partial charge in [-0.2, -0.15) is 0 Å². The minimum atomic E-state index is -0.305. The zero-order valence-electron chi connectivity index (χ0n) is 15.2. The summed E-state index contributed by atoms with van der Waals surface area (Å²) in [6, 6.07) is 14.2. The molecule has 0 aliphatic heterocycles. The van der Waals surface area contributed by atoms with Crippen molar-refractivity contribution >= 4 is 40.1 Å². The van der Waals surface area contributed by atoms with Gasteiger partial charge >= 0.3 is 0 Å². The molecule has 0 spiro atoms. The Morgan fingerprint density at radius 3 is 2.57 bits per heavy atom. The van der Waals surface area contributed by atoms with E-state index in [-0.39, 0.29) is 18.4 Å². The van der Waals surface area contributed by atoms with E-state index >= 15 is 0 Å². The third-order valence-electron chi connectivity index (χ3n) is 3.95. The molecule has 0 radical (unpaired) electrons. The average molecular weight is 490 g/mol. The van der Waals surface area contributed by atoms with Gasteiger partial charge in [-0.3, -0.25) is 9.59 Å². The van der Waals surface area contributed by atoms with Crippen molar-refractivity contribution in [3.8, 4) is 5.75 Å². The van der Waals surface area contributed by atoms with E-state index in [1.54, 1.807) is 42.6 Å². The fraction of sp³-hybridized carbons (Fsp3) is 0.150. The molecule has 0 atom stereocenters. The summed E-state index contributed by atoms with van der Waals surface area (Å²) in [7, 11) is 1.90. The van der Waals surface area contributed by atoms with Crippen LogP contribution in [0, 0.1) is 3.57 Å². The van der Waals surface area contributed by atoms with Gasteiger partial charge in [0.05, 0.1) is 12.1 Å². The summed E-state index contributed by atoms with van der Waals surface area (Å²) in [4.78, 5) is 28.4. The molecule has 8 heteroatoms. The zero-order valence-corrected chi connectivity index (χ0v) is 17.3. The number of imidazole rings is 1. The molecule has 1 heterocycles. The van der Waals surface area contributed by atoms with Crippen molar-refractivity contribution in [2.45, 2.75) is 6.61 Å². The molecule has 0 fully saturated rings. The van der Waals surface area contributed by atoms with E-state index in [2.05, 4.69) is 38.2 Å². The van der Waals surface area contributed by atoms with E-state index in [0.29, 0.717) is 23.6 Å². The molecule has 0 aliphatic rings. The van der Waals surface area contributed by atoms with Gasteiger partial charge in [-0.25, -0.2) is 4.98 Å². The normalized spacial score (nSPS) is 10.4. The number of anilines is 1. The molecule has 2 N–H and O–H groups in total. The summed E-state index contributed by atoms with van der Waals surface area (Å²) >= 11 is 2.09. The Kier molecular flexibility index (Phi) is 6.64. The quantitative estimate of drug-likeness (QED) is 0.499. The van der Waals surface area contributed by atoms with Crippen LogP contribution < -0.4 is 15.4 Å². The molecule has 2 amide bonds. The molecule has 1 aromatic heterocycles. The Hall–Kier alpha value is -2.88. The van der Waals surface area contributed by atoms with Crippen LogP contribution in [0.4, 0.5) is 5.69 Å². The van der Waals surface area contributed by atoms with Crippen LogP contribution in [0.1, 0.15) is 16.2 Å². The first-order valence-corrected chi connectivity index (χ1v) is 9.62. The highest BCUT2D eigenvalue weighted by atomic mass is 127. The molecule has 3 rings (SSSR count). The molecule has 0 saturated carbocycles. The third-order valence-corrected chi connectivity index (χ3v) is 4.90. The smallest absolute Gasteiger partial charge is 0.252 e. The van der Waals surface area contributed by atoms with Gasteiger partial charge in [0.25, 0.3) is 5.91 Å². The highest BCUT2D eigenvalue weighted by Gasteiger charge is 2.11. The van der Waals surface area contributed by atoms with Crippen LogP contribution in [0.2, 0.25) is 0 Å². The molecule has 0 aliphatic carbocycles. The maximum Gasteiger partial charge on any atom is 0.252 e. The van der Waals surface area contributed by atoms with Crippen molar-refractivity contribution in [2.24, 2.45) is 7.05 Å². The topological polar surface area (TPSA) is 85.2 Å². The lowest BCUT2D eigenvalue weighted by atomic mass is 10.2. The van der Waals surface area contributed by atoms with E-state index in [9.17, 15) is 9.59 Å². The van der Waals surface area contributed by atoms with Crippen molar-refractivity contribution in [3.63, 3.8) is 0 Å². The van der Waals surface area contributed by atoms with Gasteiger partial charge in [-0.1, -0.05) is 12.1 Å². The van der Waals surface area contributed by atoms with Crippen molar-refractivity contribution in [1.29, 1.82) is 0 Å². The Morgan fingerprint density at radius 2 is 1.89 bits per heavy atom. The van der Waals surface area contributed by atoms with Crippen LogP contribution in [0.25, 0.3) is 0 Å². The lowest BCUT2D eigenvalue weighted by Gasteiger charge is -2.09. The molecule has 0 saturated heterocycles. The number of hydrogen-bond acceptors (Lipinski definition) is 4. The molecule has 0 bridgehead atoms. The number of carbonyl (C=O) groups is 2. The Morgan fingerprint density at radius 1 is 1.14 bits per heavy atom. The van der Waals surface area contributed by atoms with Gasteiger partial charge in [0.1, 0.15) is 18.2 Å². The molecule has 2 aromatic carbocycles. The largest absolute Gasteiger partial charge is 0.486 e. The molecule has 7 nitrogen and oxygen atoms in total. The minimum Gasteiger partial charge on any atom is -0.486 e. The maximum absolute atomic E-state index is 12.1. The first-order valence-electron chi connectivity index (χ1n) is 8.54. The summed E-state index contributed by atoms with van der Waals surface area (Å²) in [6.07, 6.45) is 3.57. The van der Waals surface area contributed by atoms with E-state index in [4.69, 9.17) is 4.74 Å². The van der Waals surface area contributed by atoms with Crippen molar-refractivity contribution < 1.29 is 14.3 Å². The number of amides is 2. The molecular weight excluding hydrogens is 471 g/mol. The first kappa shape index (κ1) is 19.9. The lowest BCUT2D eigenvalue weighted by molar-refractivity contribution is -0.115. The number of benzene rings is 2. The average Bonchev–Trinajstić information content (AvgIpc) is 3.11. The molecule has 3 aromatic rings. The van der Waals surface area contributed by atoms with Crippen LogP contribution in [0.5, 0.6) is 5.75 Å². The Bertz CT molecular complexity index is 970. The van der Waals surface area contributed by atoms with Gasteiger partial charge in [-0.05, 0) is 59.0 Å². The maximum atomic E-state index is 12.1. The van der Waals surface area contributed by atoms with E-state index in [0.717, 1.165) is 9.39 Å². The van der Waals surface area contributed by atoms with Crippen LogP contribution in [0.15, 0.2) is 60.9 Å². The van der Waals surface area contributed by atoms with E-state index in [1.165, 1.54) is 0 Å². The Labute approximate surface area is 176 Å². The molecular formula is C20H19IN4O3. The number of aryl methyl sites for hydroxylation is 1. The SMILES string of the molecule is Cn1ccnc1COc1ccc(NC(=O)CNC(=O)c2ccccc2I)cc1. The second-order valence-corrected chi connectivity index (χ2v) is 7.14. The number of ether oxygens (including phenoxy) is 1. The molecule has 28 heavy (non-hydrogen) atoms. The van der Waals surface area contributed by atoms with Gasteiger partial charge in [-0.15, -0.1) is 0 Å². The van der Waals surface area contributed by atoms with Gasteiger partial charge < -0.3 is 19.9 Å². The predicted molar refractivity (Wildman–Crippen MR) is 114 cm³/mol. The van der Waals surface area contributed by atoms with Crippen LogP contribution in [-0.2, 0) is 18.4 Å². The summed E-state index contributed by atoms with van der Waals surface area (Å²) in [5, 5.41) is 5.36. The van der Waals surface area contributed by atoms with Crippen molar-refractivity contribution in [1.82, 2.24) is 14.9 Å². The zero-order chi connectivity index (χ0) is 19.9. The van der Waals surface area contributed by atoms with E-state index in [1.807, 2.05) is 29.9 Å². The number of aromatic nitrogens is 2. The summed E-state index contributed by atoms with van der Waals surface area (Å²) in [5.74, 6) is 0.910. The first-order chi connectivity index (χ1) is 13.5. The number of carbonyl (C=O) groups excluding carboxylic acids is 2. The number of nitrogens with one attached hydrogen (secondary N) is 2. The van der Waals surface area contributed by atoms with Crippen LogP contribution >= 0.6 is 22.6 Å². The van der Waals surface area contributed by atoms with Gasteiger partial charge in [0, 0.05) is 28.7 Å². The number of nitrogens with zero attached hydrogens (tertiary/aromatic N) is 2. The van der Waals surface area contributed by atoms with E-state index < -0.39 is 0 Å².